The summed E-state index contributed by atoms with van der Waals surface area (Å²) in [6.45, 7) is 1.89. The molecule has 0 aliphatic rings. The van der Waals surface area contributed by atoms with Gasteiger partial charge in [0.2, 0.25) is 0 Å². The molecule has 0 unspecified atom stereocenters. The molecular formula is C13H11N3O. The summed E-state index contributed by atoms with van der Waals surface area (Å²) in [5, 5.41) is 8.99. The average Bonchev–Trinajstić information content (AvgIpc) is 2.34. The second kappa shape index (κ2) is 4.54. The number of hydrogen-bond acceptors (Lipinski definition) is 4. The van der Waals surface area contributed by atoms with E-state index in [1.54, 1.807) is 36.7 Å². The van der Waals surface area contributed by atoms with Gasteiger partial charge >= 0.3 is 0 Å². The highest BCUT2D eigenvalue weighted by atomic mass is 16.5. The van der Waals surface area contributed by atoms with Crippen molar-refractivity contribution in [3.05, 3.63) is 47.8 Å². The van der Waals surface area contributed by atoms with Gasteiger partial charge < -0.3 is 10.5 Å². The highest BCUT2D eigenvalue weighted by molar-refractivity contribution is 5.54. The molecule has 0 bridgehead atoms. The van der Waals surface area contributed by atoms with Crippen LogP contribution in [0.25, 0.3) is 0 Å². The summed E-state index contributed by atoms with van der Waals surface area (Å²) in [6, 6.07) is 8.79. The summed E-state index contributed by atoms with van der Waals surface area (Å²) in [5.74, 6) is 1.18. The number of benzene rings is 1. The third-order valence-electron chi connectivity index (χ3n) is 2.31. The van der Waals surface area contributed by atoms with Gasteiger partial charge in [0.25, 0.3) is 0 Å². The maximum atomic E-state index is 8.99. The third kappa shape index (κ3) is 2.34. The van der Waals surface area contributed by atoms with Crippen molar-refractivity contribution in [2.24, 2.45) is 0 Å². The van der Waals surface area contributed by atoms with Crippen molar-refractivity contribution in [2.45, 2.75) is 6.92 Å². The van der Waals surface area contributed by atoms with E-state index in [0.29, 0.717) is 22.7 Å². The first-order valence-corrected chi connectivity index (χ1v) is 5.09. The Balaban J connectivity index is 2.37. The van der Waals surface area contributed by atoms with Crippen LogP contribution in [-0.4, -0.2) is 4.98 Å². The molecule has 84 valence electrons. The predicted octanol–water partition coefficient (Wildman–Crippen LogP) is 2.64. The van der Waals surface area contributed by atoms with Crippen LogP contribution < -0.4 is 10.5 Å². The number of aryl methyl sites for hydroxylation is 1. The lowest BCUT2D eigenvalue weighted by Gasteiger charge is -2.09. The molecule has 0 fully saturated rings. The largest absolute Gasteiger partial charge is 0.456 e. The molecule has 2 N–H and O–H groups in total. The molecule has 0 aliphatic heterocycles. The van der Waals surface area contributed by atoms with E-state index in [9.17, 15) is 0 Å². The van der Waals surface area contributed by atoms with E-state index in [4.69, 9.17) is 15.7 Å². The molecule has 4 nitrogen and oxygen atoms in total. The molecule has 0 saturated carbocycles. The Morgan fingerprint density at radius 3 is 2.82 bits per heavy atom. The summed E-state index contributed by atoms with van der Waals surface area (Å²) < 4.78 is 5.67. The molecule has 0 saturated heterocycles. The number of nitrogen functional groups attached to an aromatic ring is 1. The van der Waals surface area contributed by atoms with Crippen molar-refractivity contribution in [1.29, 1.82) is 5.26 Å². The van der Waals surface area contributed by atoms with Gasteiger partial charge in [0.15, 0.2) is 0 Å². The minimum atomic E-state index is 0.418. The number of nitriles is 1. The van der Waals surface area contributed by atoms with Crippen molar-refractivity contribution in [2.75, 3.05) is 5.73 Å². The van der Waals surface area contributed by atoms with E-state index < -0.39 is 0 Å². The Kier molecular flexibility index (Phi) is 2.93. The van der Waals surface area contributed by atoms with Crippen LogP contribution in [0.4, 0.5) is 5.69 Å². The van der Waals surface area contributed by atoms with Crippen LogP contribution in [0.5, 0.6) is 11.5 Å². The summed E-state index contributed by atoms with van der Waals surface area (Å²) >= 11 is 0. The van der Waals surface area contributed by atoms with E-state index in [1.165, 1.54) is 0 Å². The molecule has 0 radical (unpaired) electrons. The highest BCUT2D eigenvalue weighted by Gasteiger charge is 2.06. The maximum absolute atomic E-state index is 8.99. The molecular weight excluding hydrogens is 214 g/mol. The zero-order chi connectivity index (χ0) is 12.3. The van der Waals surface area contributed by atoms with Gasteiger partial charge in [-0.15, -0.1) is 0 Å². The zero-order valence-electron chi connectivity index (χ0n) is 9.34. The van der Waals surface area contributed by atoms with Gasteiger partial charge in [-0.3, -0.25) is 4.98 Å². The fourth-order valence-corrected chi connectivity index (χ4v) is 1.42. The first-order chi connectivity index (χ1) is 8.20. The first-order valence-electron chi connectivity index (χ1n) is 5.09. The van der Waals surface area contributed by atoms with Crippen molar-refractivity contribution in [3.63, 3.8) is 0 Å². The van der Waals surface area contributed by atoms with E-state index in [1.807, 2.05) is 6.92 Å². The van der Waals surface area contributed by atoms with Crippen LogP contribution in [0.3, 0.4) is 0 Å². The van der Waals surface area contributed by atoms with E-state index >= 15 is 0 Å². The molecule has 17 heavy (non-hydrogen) atoms. The van der Waals surface area contributed by atoms with Crippen LogP contribution in [0, 0.1) is 18.3 Å². The standard InChI is InChI=1S/C13H11N3O/c1-9-8-16-5-4-12(9)17-13-3-2-11(15)6-10(13)7-14/h2-6,8H,15H2,1H3. The number of rotatable bonds is 2. The number of nitrogens with two attached hydrogens (primary N) is 1. The highest BCUT2D eigenvalue weighted by Crippen LogP contribution is 2.28. The van der Waals surface area contributed by atoms with Crippen molar-refractivity contribution in [3.8, 4) is 17.6 Å². The number of anilines is 1. The van der Waals surface area contributed by atoms with Gasteiger partial charge in [-0.1, -0.05) is 0 Å². The Labute approximate surface area is 99.3 Å². The van der Waals surface area contributed by atoms with Crippen LogP contribution in [0.2, 0.25) is 0 Å². The molecule has 2 aromatic rings. The monoisotopic (exact) mass is 225 g/mol. The normalized spacial score (nSPS) is 9.65. The Morgan fingerprint density at radius 1 is 1.29 bits per heavy atom. The molecule has 1 heterocycles. The van der Waals surface area contributed by atoms with Crippen molar-refractivity contribution >= 4 is 5.69 Å². The zero-order valence-corrected chi connectivity index (χ0v) is 9.34. The number of pyridine rings is 1. The van der Waals surface area contributed by atoms with Crippen LogP contribution in [-0.2, 0) is 0 Å². The van der Waals surface area contributed by atoms with E-state index in [0.717, 1.165) is 5.56 Å². The summed E-state index contributed by atoms with van der Waals surface area (Å²) in [7, 11) is 0. The minimum Gasteiger partial charge on any atom is -0.456 e. The molecule has 0 atom stereocenters. The molecule has 0 spiro atoms. The molecule has 4 heteroatoms. The van der Waals surface area contributed by atoms with Crippen LogP contribution >= 0.6 is 0 Å². The summed E-state index contributed by atoms with van der Waals surface area (Å²) in [4.78, 5) is 3.98. The Hall–Kier alpha value is -2.54. The van der Waals surface area contributed by atoms with Gasteiger partial charge in [-0.25, -0.2) is 0 Å². The molecule has 1 aromatic heterocycles. The summed E-state index contributed by atoms with van der Waals surface area (Å²) in [6.07, 6.45) is 3.35. The van der Waals surface area contributed by atoms with Crippen LogP contribution in [0.1, 0.15) is 11.1 Å². The fourth-order valence-electron chi connectivity index (χ4n) is 1.42. The molecule has 1 aromatic carbocycles. The third-order valence-corrected chi connectivity index (χ3v) is 2.31. The lowest BCUT2D eigenvalue weighted by Crippen LogP contribution is -1.93. The quantitative estimate of drug-likeness (QED) is 0.797. The van der Waals surface area contributed by atoms with Crippen molar-refractivity contribution < 1.29 is 4.74 Å². The minimum absolute atomic E-state index is 0.418. The lowest BCUT2D eigenvalue weighted by molar-refractivity contribution is 0.476. The molecule has 0 aliphatic carbocycles. The number of nitrogens with zero attached hydrogens (tertiary/aromatic N) is 2. The fraction of sp³-hybridized carbons (Fsp3) is 0.0769. The van der Waals surface area contributed by atoms with Gasteiger partial charge in [0, 0.05) is 23.6 Å². The Morgan fingerprint density at radius 2 is 2.12 bits per heavy atom. The Bertz CT molecular complexity index is 587. The second-order valence-electron chi connectivity index (χ2n) is 3.61. The van der Waals surface area contributed by atoms with E-state index in [-0.39, 0.29) is 0 Å². The number of aromatic nitrogens is 1. The lowest BCUT2D eigenvalue weighted by atomic mass is 10.2. The van der Waals surface area contributed by atoms with Gasteiger partial charge in [-0.2, -0.15) is 5.26 Å². The van der Waals surface area contributed by atoms with Gasteiger partial charge in [0.1, 0.15) is 17.6 Å². The number of ether oxygens (including phenoxy) is 1. The SMILES string of the molecule is Cc1cnccc1Oc1ccc(N)cc1C#N. The maximum Gasteiger partial charge on any atom is 0.145 e. The smallest absolute Gasteiger partial charge is 0.145 e. The summed E-state index contributed by atoms with van der Waals surface area (Å²) in [5.41, 5.74) is 7.48. The van der Waals surface area contributed by atoms with Crippen LogP contribution in [0.15, 0.2) is 36.7 Å². The first kappa shape index (κ1) is 11.0. The predicted molar refractivity (Wildman–Crippen MR) is 64.6 cm³/mol. The molecule has 2 rings (SSSR count). The number of hydrogen-bond donors (Lipinski definition) is 1. The second-order valence-corrected chi connectivity index (χ2v) is 3.61. The van der Waals surface area contributed by atoms with Gasteiger partial charge in [-0.05, 0) is 31.2 Å². The van der Waals surface area contributed by atoms with Crippen molar-refractivity contribution in [1.82, 2.24) is 4.98 Å². The van der Waals surface area contributed by atoms with E-state index in [2.05, 4.69) is 11.1 Å². The molecule has 0 amide bonds. The average molecular weight is 225 g/mol. The van der Waals surface area contributed by atoms with Gasteiger partial charge in [0.05, 0.1) is 5.56 Å². The topological polar surface area (TPSA) is 71.9 Å².